The van der Waals surface area contributed by atoms with Crippen LogP contribution in [0.3, 0.4) is 0 Å². The molecule has 0 spiro atoms. The predicted octanol–water partition coefficient (Wildman–Crippen LogP) is 2.16. The molecular weight excluding hydrogens is 238 g/mol. The van der Waals surface area contributed by atoms with Gasteiger partial charge in [0.25, 0.3) is 0 Å². The summed E-state index contributed by atoms with van der Waals surface area (Å²) < 4.78 is 0. The predicted molar refractivity (Wildman–Crippen MR) is 65.4 cm³/mol. The van der Waals surface area contributed by atoms with Gasteiger partial charge in [0, 0.05) is 11.1 Å². The minimum atomic E-state index is -1.01. The molecule has 2 N–H and O–H groups in total. The Morgan fingerprint density at radius 3 is 2.94 bits per heavy atom. The lowest BCUT2D eigenvalue weighted by atomic mass is 10.3. The van der Waals surface area contributed by atoms with Crippen LogP contribution in [0.15, 0.2) is 23.6 Å². The van der Waals surface area contributed by atoms with Crippen molar-refractivity contribution in [2.75, 3.05) is 5.32 Å². The zero-order valence-electron chi connectivity index (χ0n) is 9.17. The molecule has 2 aromatic rings. The summed E-state index contributed by atoms with van der Waals surface area (Å²) in [7, 11) is 0. The minimum absolute atomic E-state index is 0.0645. The Balaban J connectivity index is 2.00. The summed E-state index contributed by atoms with van der Waals surface area (Å²) in [5, 5.41) is 13.9. The maximum atomic E-state index is 10.6. The first-order chi connectivity index (χ1) is 8.15. The molecule has 0 saturated heterocycles. The molecule has 0 aliphatic carbocycles. The summed E-state index contributed by atoms with van der Waals surface area (Å²) in [6, 6.07) is 5.77. The van der Waals surface area contributed by atoms with Gasteiger partial charge in [0.1, 0.15) is 0 Å². The molecule has 88 valence electrons. The second-order valence-corrected chi connectivity index (χ2v) is 4.33. The number of hydrogen-bond donors (Lipinski definition) is 2. The van der Waals surface area contributed by atoms with E-state index in [4.69, 9.17) is 5.11 Å². The van der Waals surface area contributed by atoms with Crippen LogP contribution in [0.25, 0.3) is 0 Å². The van der Waals surface area contributed by atoms with E-state index in [2.05, 4.69) is 15.3 Å². The highest BCUT2D eigenvalue weighted by atomic mass is 32.1. The van der Waals surface area contributed by atoms with Crippen LogP contribution in [0, 0.1) is 6.92 Å². The van der Waals surface area contributed by atoms with Crippen molar-refractivity contribution >= 4 is 22.4 Å². The van der Waals surface area contributed by atoms with Crippen LogP contribution in [0.5, 0.6) is 0 Å². The van der Waals surface area contributed by atoms with E-state index in [1.54, 1.807) is 0 Å². The molecule has 0 aromatic carbocycles. The first kappa shape index (κ1) is 11.5. The van der Waals surface area contributed by atoms with Gasteiger partial charge in [0.05, 0.1) is 12.2 Å². The smallest absolute Gasteiger partial charge is 0.355 e. The second-order valence-electron chi connectivity index (χ2n) is 3.47. The lowest BCUT2D eigenvalue weighted by Crippen LogP contribution is -2.03. The van der Waals surface area contributed by atoms with E-state index >= 15 is 0 Å². The standard InChI is InChI=1S/C11H11N3O2S/c1-7-3-2-4-8(13-7)5-12-11-14-9(6-17-11)10(15)16/h2-4,6H,5H2,1H3,(H,12,14)(H,15,16). The van der Waals surface area contributed by atoms with Crippen molar-refractivity contribution in [3.05, 3.63) is 40.7 Å². The van der Waals surface area contributed by atoms with Crippen molar-refractivity contribution in [1.82, 2.24) is 9.97 Å². The number of pyridine rings is 1. The van der Waals surface area contributed by atoms with Crippen LogP contribution in [-0.4, -0.2) is 21.0 Å². The number of rotatable bonds is 4. The zero-order chi connectivity index (χ0) is 12.3. The Labute approximate surface area is 102 Å². The molecule has 0 atom stereocenters. The number of nitrogens with one attached hydrogen (secondary N) is 1. The van der Waals surface area contributed by atoms with Crippen molar-refractivity contribution < 1.29 is 9.90 Å². The molecule has 0 aliphatic heterocycles. The lowest BCUT2D eigenvalue weighted by molar-refractivity contribution is 0.0691. The Morgan fingerprint density at radius 2 is 2.29 bits per heavy atom. The molecule has 17 heavy (non-hydrogen) atoms. The molecule has 0 fully saturated rings. The third kappa shape index (κ3) is 3.01. The van der Waals surface area contributed by atoms with E-state index in [9.17, 15) is 4.79 Å². The van der Waals surface area contributed by atoms with Crippen molar-refractivity contribution in [1.29, 1.82) is 0 Å². The molecule has 0 aliphatic rings. The summed E-state index contributed by atoms with van der Waals surface area (Å²) in [6.07, 6.45) is 0. The average molecular weight is 249 g/mol. The number of hydrogen-bond acceptors (Lipinski definition) is 5. The van der Waals surface area contributed by atoms with E-state index in [1.165, 1.54) is 16.7 Å². The van der Waals surface area contributed by atoms with Gasteiger partial charge in [-0.3, -0.25) is 4.98 Å². The fourth-order valence-corrected chi connectivity index (χ4v) is 2.00. The van der Waals surface area contributed by atoms with Crippen molar-refractivity contribution in [2.24, 2.45) is 0 Å². The highest BCUT2D eigenvalue weighted by Gasteiger charge is 2.08. The van der Waals surface area contributed by atoms with Crippen LogP contribution in [0.2, 0.25) is 0 Å². The quantitative estimate of drug-likeness (QED) is 0.868. The fourth-order valence-electron chi connectivity index (χ4n) is 1.32. The van der Waals surface area contributed by atoms with E-state index < -0.39 is 5.97 Å². The molecule has 0 amide bonds. The Bertz CT molecular complexity index is 539. The number of carboxylic acids is 1. The van der Waals surface area contributed by atoms with Crippen LogP contribution < -0.4 is 5.32 Å². The number of nitrogens with zero attached hydrogens (tertiary/aromatic N) is 2. The Morgan fingerprint density at radius 1 is 1.47 bits per heavy atom. The van der Waals surface area contributed by atoms with Gasteiger partial charge in [0.2, 0.25) is 0 Å². The molecule has 0 bridgehead atoms. The fraction of sp³-hybridized carbons (Fsp3) is 0.182. The van der Waals surface area contributed by atoms with Crippen LogP contribution in [0.1, 0.15) is 21.9 Å². The highest BCUT2D eigenvalue weighted by molar-refractivity contribution is 7.13. The van der Waals surface area contributed by atoms with E-state index in [1.807, 2.05) is 25.1 Å². The molecule has 2 heterocycles. The first-order valence-corrected chi connectivity index (χ1v) is 5.88. The lowest BCUT2D eigenvalue weighted by Gasteiger charge is -2.02. The number of aromatic nitrogens is 2. The average Bonchev–Trinajstić information content (AvgIpc) is 2.75. The zero-order valence-corrected chi connectivity index (χ0v) is 9.99. The number of thiazole rings is 1. The van der Waals surface area contributed by atoms with E-state index in [-0.39, 0.29) is 5.69 Å². The van der Waals surface area contributed by atoms with Gasteiger partial charge >= 0.3 is 5.97 Å². The largest absolute Gasteiger partial charge is 0.476 e. The normalized spacial score (nSPS) is 10.2. The van der Waals surface area contributed by atoms with Gasteiger partial charge in [-0.25, -0.2) is 9.78 Å². The first-order valence-electron chi connectivity index (χ1n) is 5.00. The third-order valence-electron chi connectivity index (χ3n) is 2.09. The number of aryl methyl sites for hydroxylation is 1. The summed E-state index contributed by atoms with van der Waals surface area (Å²) in [6.45, 7) is 2.46. The Hall–Kier alpha value is -1.95. The molecule has 2 aromatic heterocycles. The van der Waals surface area contributed by atoms with Gasteiger partial charge in [-0.15, -0.1) is 11.3 Å². The summed E-state index contributed by atoms with van der Waals surface area (Å²) in [5.41, 5.74) is 1.92. The number of carboxylic acid groups (broad SMARTS) is 1. The van der Waals surface area contributed by atoms with Crippen LogP contribution in [-0.2, 0) is 6.54 Å². The second kappa shape index (κ2) is 4.92. The van der Waals surface area contributed by atoms with Crippen LogP contribution >= 0.6 is 11.3 Å². The van der Waals surface area contributed by atoms with Crippen molar-refractivity contribution in [2.45, 2.75) is 13.5 Å². The van der Waals surface area contributed by atoms with Gasteiger partial charge in [-0.05, 0) is 19.1 Å². The van der Waals surface area contributed by atoms with Gasteiger partial charge in [-0.2, -0.15) is 0 Å². The molecule has 0 unspecified atom stereocenters. The summed E-state index contributed by atoms with van der Waals surface area (Å²) >= 11 is 1.27. The summed E-state index contributed by atoms with van der Waals surface area (Å²) in [5.74, 6) is -1.01. The van der Waals surface area contributed by atoms with Gasteiger partial charge in [-0.1, -0.05) is 6.07 Å². The summed E-state index contributed by atoms with van der Waals surface area (Å²) in [4.78, 5) is 18.9. The van der Waals surface area contributed by atoms with Crippen molar-refractivity contribution in [3.8, 4) is 0 Å². The topological polar surface area (TPSA) is 75.1 Å². The Kier molecular flexibility index (Phi) is 3.34. The number of carbonyl (C=O) groups is 1. The molecule has 2 rings (SSSR count). The van der Waals surface area contributed by atoms with Gasteiger partial charge in [0.15, 0.2) is 10.8 Å². The highest BCUT2D eigenvalue weighted by Crippen LogP contribution is 2.16. The van der Waals surface area contributed by atoms with Gasteiger partial charge < -0.3 is 10.4 Å². The molecular formula is C11H11N3O2S. The van der Waals surface area contributed by atoms with Crippen molar-refractivity contribution in [3.63, 3.8) is 0 Å². The van der Waals surface area contributed by atoms with Crippen LogP contribution in [0.4, 0.5) is 5.13 Å². The maximum absolute atomic E-state index is 10.6. The number of anilines is 1. The maximum Gasteiger partial charge on any atom is 0.355 e. The van der Waals surface area contributed by atoms with E-state index in [0.29, 0.717) is 11.7 Å². The molecule has 0 radical (unpaired) electrons. The SMILES string of the molecule is Cc1cccc(CNc2nc(C(=O)O)cs2)n1. The van der Waals surface area contributed by atoms with E-state index in [0.717, 1.165) is 11.4 Å². The molecule has 0 saturated carbocycles. The number of aromatic carboxylic acids is 1. The third-order valence-corrected chi connectivity index (χ3v) is 2.89. The minimum Gasteiger partial charge on any atom is -0.476 e. The molecule has 5 nitrogen and oxygen atoms in total. The molecule has 6 heteroatoms. The monoisotopic (exact) mass is 249 g/mol.